The number of nitriles is 1. The summed E-state index contributed by atoms with van der Waals surface area (Å²) in [6.45, 7) is 3.34. The van der Waals surface area contributed by atoms with E-state index >= 15 is 0 Å². The normalized spacial score (nSPS) is 22.7. The van der Waals surface area contributed by atoms with Crippen molar-refractivity contribution >= 4 is 0 Å². The molecule has 1 fully saturated rings. The smallest absolute Gasteiger partial charge is 0.174 e. The van der Waals surface area contributed by atoms with Gasteiger partial charge in [-0.05, 0) is 42.9 Å². The highest BCUT2D eigenvalue weighted by Gasteiger charge is 2.20. The van der Waals surface area contributed by atoms with Crippen molar-refractivity contribution in [1.29, 1.82) is 5.26 Å². The van der Waals surface area contributed by atoms with Gasteiger partial charge in [0.1, 0.15) is 11.8 Å². The number of nitrogens with zero attached hydrogens (tertiary/aromatic N) is 1. The topological polar surface area (TPSA) is 45.0 Å². The first kappa shape index (κ1) is 12.9. The molecule has 18 heavy (non-hydrogen) atoms. The molecule has 1 aliphatic carbocycles. The molecule has 0 bridgehead atoms. The van der Waals surface area contributed by atoms with Crippen LogP contribution in [0.5, 0.6) is 5.75 Å². The number of nitrogens with one attached hydrogen (secondary N) is 1. The first-order valence-corrected chi connectivity index (χ1v) is 6.60. The molecule has 1 aromatic rings. The van der Waals surface area contributed by atoms with E-state index in [9.17, 15) is 0 Å². The molecule has 1 aromatic carbocycles. The fourth-order valence-corrected chi connectivity index (χ4v) is 2.47. The van der Waals surface area contributed by atoms with Gasteiger partial charge >= 0.3 is 0 Å². The summed E-state index contributed by atoms with van der Waals surface area (Å²) in [6, 6.07) is 10.6. The SMILES string of the molecule is CC1CCC(NCc2ccc(OCC#N)cc2)C1. The van der Waals surface area contributed by atoms with Crippen molar-refractivity contribution in [1.82, 2.24) is 5.32 Å². The fourth-order valence-electron chi connectivity index (χ4n) is 2.47. The minimum Gasteiger partial charge on any atom is -0.479 e. The molecule has 0 heterocycles. The van der Waals surface area contributed by atoms with E-state index in [0.717, 1.165) is 18.2 Å². The second kappa shape index (κ2) is 6.42. The summed E-state index contributed by atoms with van der Waals surface area (Å²) in [7, 11) is 0. The van der Waals surface area contributed by atoms with E-state index in [2.05, 4.69) is 24.4 Å². The molecule has 0 aliphatic heterocycles. The van der Waals surface area contributed by atoms with E-state index < -0.39 is 0 Å². The first-order valence-electron chi connectivity index (χ1n) is 6.60. The molecule has 96 valence electrons. The third-order valence-electron chi connectivity index (χ3n) is 3.52. The lowest BCUT2D eigenvalue weighted by molar-refractivity contribution is 0.368. The highest BCUT2D eigenvalue weighted by atomic mass is 16.5. The lowest BCUT2D eigenvalue weighted by Gasteiger charge is -2.12. The Hall–Kier alpha value is -1.53. The summed E-state index contributed by atoms with van der Waals surface area (Å²) in [5, 5.41) is 12.0. The van der Waals surface area contributed by atoms with Gasteiger partial charge in [-0.1, -0.05) is 19.1 Å². The summed E-state index contributed by atoms with van der Waals surface area (Å²) < 4.78 is 5.22. The fraction of sp³-hybridized carbons (Fsp3) is 0.533. The number of benzene rings is 1. The largest absolute Gasteiger partial charge is 0.479 e. The third kappa shape index (κ3) is 3.75. The Labute approximate surface area is 109 Å². The summed E-state index contributed by atoms with van der Waals surface area (Å²) in [4.78, 5) is 0. The Morgan fingerprint density at radius 1 is 1.33 bits per heavy atom. The van der Waals surface area contributed by atoms with Crippen LogP contribution < -0.4 is 10.1 Å². The molecule has 0 aromatic heterocycles. The zero-order valence-electron chi connectivity index (χ0n) is 10.9. The Kier molecular flexibility index (Phi) is 4.60. The maximum absolute atomic E-state index is 8.42. The average molecular weight is 244 g/mol. The summed E-state index contributed by atoms with van der Waals surface area (Å²) >= 11 is 0. The molecule has 2 atom stereocenters. The lowest BCUT2D eigenvalue weighted by atomic mass is 10.1. The Balaban J connectivity index is 1.78. The predicted octanol–water partition coefficient (Wildman–Crippen LogP) is 2.87. The molecule has 3 nitrogen and oxygen atoms in total. The van der Waals surface area contributed by atoms with Crippen molar-refractivity contribution in [2.75, 3.05) is 6.61 Å². The van der Waals surface area contributed by atoms with Gasteiger partial charge in [0.05, 0.1) is 0 Å². The number of hydrogen-bond donors (Lipinski definition) is 1. The van der Waals surface area contributed by atoms with Crippen molar-refractivity contribution in [2.45, 2.75) is 38.8 Å². The average Bonchev–Trinajstić information content (AvgIpc) is 2.81. The van der Waals surface area contributed by atoms with Crippen molar-refractivity contribution < 1.29 is 4.74 Å². The third-order valence-corrected chi connectivity index (χ3v) is 3.52. The van der Waals surface area contributed by atoms with Crippen LogP contribution in [0.3, 0.4) is 0 Å². The second-order valence-electron chi connectivity index (χ2n) is 5.09. The van der Waals surface area contributed by atoms with Crippen LogP contribution in [0.1, 0.15) is 31.7 Å². The van der Waals surface area contributed by atoms with E-state index in [1.807, 2.05) is 18.2 Å². The van der Waals surface area contributed by atoms with Gasteiger partial charge in [0.15, 0.2) is 6.61 Å². The maximum Gasteiger partial charge on any atom is 0.174 e. The summed E-state index contributed by atoms with van der Waals surface area (Å²) in [5.74, 6) is 1.62. The molecular formula is C15H20N2O. The van der Waals surface area contributed by atoms with Gasteiger partial charge in [0.2, 0.25) is 0 Å². The van der Waals surface area contributed by atoms with E-state index in [4.69, 9.17) is 10.00 Å². The molecule has 0 saturated heterocycles. The van der Waals surface area contributed by atoms with E-state index in [0.29, 0.717) is 6.04 Å². The van der Waals surface area contributed by atoms with Gasteiger partial charge in [0.25, 0.3) is 0 Å². The van der Waals surface area contributed by atoms with Crippen molar-refractivity contribution in [2.24, 2.45) is 5.92 Å². The van der Waals surface area contributed by atoms with E-state index in [-0.39, 0.29) is 6.61 Å². The highest BCUT2D eigenvalue weighted by molar-refractivity contribution is 5.27. The second-order valence-corrected chi connectivity index (χ2v) is 5.09. The van der Waals surface area contributed by atoms with Crippen LogP contribution in [-0.4, -0.2) is 12.6 Å². The molecule has 1 N–H and O–H groups in total. The van der Waals surface area contributed by atoms with Gasteiger partial charge in [-0.15, -0.1) is 0 Å². The number of hydrogen-bond acceptors (Lipinski definition) is 3. The monoisotopic (exact) mass is 244 g/mol. The van der Waals surface area contributed by atoms with Crippen molar-refractivity contribution in [3.63, 3.8) is 0 Å². The van der Waals surface area contributed by atoms with Crippen LogP contribution in [-0.2, 0) is 6.54 Å². The van der Waals surface area contributed by atoms with Crippen molar-refractivity contribution in [3.05, 3.63) is 29.8 Å². The van der Waals surface area contributed by atoms with Gasteiger partial charge in [-0.25, -0.2) is 0 Å². The van der Waals surface area contributed by atoms with Gasteiger partial charge in [-0.2, -0.15) is 5.26 Å². The molecule has 2 unspecified atom stereocenters. The molecule has 0 radical (unpaired) electrons. The Morgan fingerprint density at radius 3 is 2.72 bits per heavy atom. The minimum absolute atomic E-state index is 0.109. The van der Waals surface area contributed by atoms with Crippen LogP contribution in [0.2, 0.25) is 0 Å². The molecular weight excluding hydrogens is 224 g/mol. The molecule has 1 saturated carbocycles. The van der Waals surface area contributed by atoms with Crippen LogP contribution in [0.15, 0.2) is 24.3 Å². The molecule has 1 aliphatic rings. The summed E-state index contributed by atoms with van der Waals surface area (Å²) in [5.41, 5.74) is 1.26. The highest BCUT2D eigenvalue weighted by Crippen LogP contribution is 2.24. The predicted molar refractivity (Wildman–Crippen MR) is 71.2 cm³/mol. The van der Waals surface area contributed by atoms with Crippen molar-refractivity contribution in [3.8, 4) is 11.8 Å². The van der Waals surface area contributed by atoms with E-state index in [1.165, 1.54) is 24.8 Å². The zero-order valence-corrected chi connectivity index (χ0v) is 10.9. The molecule has 2 rings (SSSR count). The van der Waals surface area contributed by atoms with Crippen LogP contribution >= 0.6 is 0 Å². The van der Waals surface area contributed by atoms with Gasteiger partial charge in [-0.3, -0.25) is 0 Å². The lowest BCUT2D eigenvalue weighted by Crippen LogP contribution is -2.25. The minimum atomic E-state index is 0.109. The van der Waals surface area contributed by atoms with Crippen LogP contribution in [0.25, 0.3) is 0 Å². The Morgan fingerprint density at radius 2 is 2.11 bits per heavy atom. The standard InChI is InChI=1S/C15H20N2O/c1-12-2-5-14(10-12)17-11-13-3-6-15(7-4-13)18-9-8-16/h3-4,6-7,12,14,17H,2,5,9-11H2,1H3. The number of rotatable bonds is 5. The molecule has 0 spiro atoms. The van der Waals surface area contributed by atoms with E-state index in [1.54, 1.807) is 0 Å². The maximum atomic E-state index is 8.42. The summed E-state index contributed by atoms with van der Waals surface area (Å²) in [6.07, 6.45) is 3.94. The molecule has 0 amide bonds. The quantitative estimate of drug-likeness (QED) is 0.866. The zero-order chi connectivity index (χ0) is 12.8. The van der Waals surface area contributed by atoms with Gasteiger partial charge < -0.3 is 10.1 Å². The Bertz CT molecular complexity index is 407. The van der Waals surface area contributed by atoms with Gasteiger partial charge in [0, 0.05) is 12.6 Å². The van der Waals surface area contributed by atoms with Crippen LogP contribution in [0.4, 0.5) is 0 Å². The number of ether oxygens (including phenoxy) is 1. The molecule has 3 heteroatoms. The first-order chi connectivity index (χ1) is 8.78. The van der Waals surface area contributed by atoms with Crippen LogP contribution in [0, 0.1) is 17.2 Å².